The van der Waals surface area contributed by atoms with E-state index in [9.17, 15) is 0 Å². The van der Waals surface area contributed by atoms with E-state index in [4.69, 9.17) is 4.98 Å². The summed E-state index contributed by atoms with van der Waals surface area (Å²) in [5.74, 6) is 0.437. The van der Waals surface area contributed by atoms with Gasteiger partial charge in [-0.05, 0) is 29.2 Å². The maximum Gasteiger partial charge on any atom is 0.0711 e. The second kappa shape index (κ2) is 4.85. The van der Waals surface area contributed by atoms with Crippen LogP contribution in [0.1, 0.15) is 25.5 Å². The molecular weight excluding hydrogens is 230 g/mol. The zero-order valence-corrected chi connectivity index (χ0v) is 11.3. The Bertz CT molecular complexity index is 699. The van der Waals surface area contributed by atoms with Gasteiger partial charge in [-0.3, -0.25) is 4.98 Å². The lowest BCUT2D eigenvalue weighted by Crippen LogP contribution is -1.95. The Kier molecular flexibility index (Phi) is 3.04. The van der Waals surface area contributed by atoms with Crippen LogP contribution in [0.3, 0.4) is 0 Å². The van der Waals surface area contributed by atoms with Crippen LogP contribution < -0.4 is 0 Å². The molecule has 0 aliphatic rings. The maximum absolute atomic E-state index is 4.76. The lowest BCUT2D eigenvalue weighted by molar-refractivity contribution is 0.830. The Morgan fingerprint density at radius 1 is 0.842 bits per heavy atom. The quantitative estimate of drug-likeness (QED) is 0.619. The fourth-order valence-corrected chi connectivity index (χ4v) is 2.35. The molecule has 1 heteroatoms. The van der Waals surface area contributed by atoms with Gasteiger partial charge in [-0.15, -0.1) is 0 Å². The molecule has 0 saturated carbocycles. The normalized spacial score (nSPS) is 11.1. The predicted molar refractivity (Wildman–Crippen MR) is 81.3 cm³/mol. The van der Waals surface area contributed by atoms with Gasteiger partial charge >= 0.3 is 0 Å². The largest absolute Gasteiger partial charge is 0.253 e. The molecule has 19 heavy (non-hydrogen) atoms. The summed E-state index contributed by atoms with van der Waals surface area (Å²) in [6, 6.07) is 21.1. The molecule has 0 saturated heterocycles. The highest BCUT2D eigenvalue weighted by molar-refractivity contribution is 5.94. The molecule has 3 rings (SSSR count). The van der Waals surface area contributed by atoms with Crippen LogP contribution in [0.5, 0.6) is 0 Å². The summed E-state index contributed by atoms with van der Waals surface area (Å²) in [7, 11) is 0. The fourth-order valence-electron chi connectivity index (χ4n) is 2.35. The fraction of sp³-hybridized carbons (Fsp3) is 0.167. The van der Waals surface area contributed by atoms with Crippen molar-refractivity contribution in [3.8, 4) is 11.1 Å². The lowest BCUT2D eigenvalue weighted by Gasteiger charge is -2.11. The van der Waals surface area contributed by atoms with Gasteiger partial charge in [0.1, 0.15) is 0 Å². The van der Waals surface area contributed by atoms with E-state index in [0.29, 0.717) is 5.92 Å². The van der Waals surface area contributed by atoms with Crippen LogP contribution in [0.15, 0.2) is 60.7 Å². The van der Waals surface area contributed by atoms with Crippen LogP contribution in [0, 0.1) is 0 Å². The maximum atomic E-state index is 4.76. The first kappa shape index (κ1) is 11.9. The van der Waals surface area contributed by atoms with E-state index in [2.05, 4.69) is 68.4 Å². The van der Waals surface area contributed by atoms with Crippen molar-refractivity contribution in [2.24, 2.45) is 0 Å². The smallest absolute Gasteiger partial charge is 0.0711 e. The summed E-state index contributed by atoms with van der Waals surface area (Å²) < 4.78 is 0. The zero-order chi connectivity index (χ0) is 13.2. The first-order chi connectivity index (χ1) is 9.25. The standard InChI is InChI=1S/C18H17N/c1-13(2)18-12-16(14-8-4-3-5-9-14)15-10-6-7-11-17(15)19-18/h3-13H,1-2H3. The molecule has 0 atom stereocenters. The monoisotopic (exact) mass is 247 g/mol. The van der Waals surface area contributed by atoms with Gasteiger partial charge in [0.2, 0.25) is 0 Å². The van der Waals surface area contributed by atoms with Gasteiger partial charge < -0.3 is 0 Å². The molecule has 0 N–H and O–H groups in total. The van der Waals surface area contributed by atoms with Gasteiger partial charge in [0, 0.05) is 11.1 Å². The molecular formula is C18H17N. The van der Waals surface area contributed by atoms with E-state index in [1.807, 2.05) is 6.07 Å². The topological polar surface area (TPSA) is 12.9 Å². The minimum atomic E-state index is 0.437. The predicted octanol–water partition coefficient (Wildman–Crippen LogP) is 5.03. The third kappa shape index (κ3) is 2.24. The van der Waals surface area contributed by atoms with Crippen molar-refractivity contribution in [1.29, 1.82) is 0 Å². The number of hydrogen-bond acceptors (Lipinski definition) is 1. The van der Waals surface area contributed by atoms with Crippen molar-refractivity contribution in [3.05, 3.63) is 66.4 Å². The molecule has 1 heterocycles. The van der Waals surface area contributed by atoms with Crippen LogP contribution in [0.2, 0.25) is 0 Å². The number of aromatic nitrogens is 1. The third-order valence-electron chi connectivity index (χ3n) is 3.41. The van der Waals surface area contributed by atoms with E-state index in [1.165, 1.54) is 16.5 Å². The Hall–Kier alpha value is -2.15. The average molecular weight is 247 g/mol. The zero-order valence-electron chi connectivity index (χ0n) is 11.3. The number of para-hydroxylation sites is 1. The van der Waals surface area contributed by atoms with E-state index in [1.54, 1.807) is 0 Å². The van der Waals surface area contributed by atoms with Crippen molar-refractivity contribution in [1.82, 2.24) is 4.98 Å². The molecule has 0 unspecified atom stereocenters. The van der Waals surface area contributed by atoms with Crippen LogP contribution in [0.4, 0.5) is 0 Å². The molecule has 0 spiro atoms. The van der Waals surface area contributed by atoms with Gasteiger partial charge in [0.25, 0.3) is 0 Å². The Labute approximate surface area is 113 Å². The minimum Gasteiger partial charge on any atom is -0.253 e. The highest BCUT2D eigenvalue weighted by Crippen LogP contribution is 2.30. The van der Waals surface area contributed by atoms with Gasteiger partial charge in [-0.1, -0.05) is 62.4 Å². The van der Waals surface area contributed by atoms with Crippen LogP contribution >= 0.6 is 0 Å². The molecule has 0 amide bonds. The number of fused-ring (bicyclic) bond motifs is 1. The number of nitrogens with zero attached hydrogens (tertiary/aromatic N) is 1. The third-order valence-corrected chi connectivity index (χ3v) is 3.41. The van der Waals surface area contributed by atoms with Crippen LogP contribution in [0.25, 0.3) is 22.0 Å². The first-order valence-electron chi connectivity index (χ1n) is 6.71. The van der Waals surface area contributed by atoms with Gasteiger partial charge in [-0.2, -0.15) is 0 Å². The molecule has 3 aromatic rings. The van der Waals surface area contributed by atoms with Crippen LogP contribution in [-0.4, -0.2) is 4.98 Å². The number of hydrogen-bond donors (Lipinski definition) is 0. The Balaban J connectivity index is 2.33. The molecule has 0 bridgehead atoms. The van der Waals surface area contributed by atoms with Crippen LogP contribution in [-0.2, 0) is 0 Å². The second-order valence-electron chi connectivity index (χ2n) is 5.13. The summed E-state index contributed by atoms with van der Waals surface area (Å²) in [5, 5.41) is 1.22. The van der Waals surface area contributed by atoms with Crippen molar-refractivity contribution < 1.29 is 0 Å². The Morgan fingerprint density at radius 3 is 2.26 bits per heavy atom. The minimum absolute atomic E-state index is 0.437. The van der Waals surface area contributed by atoms with E-state index in [-0.39, 0.29) is 0 Å². The molecule has 0 radical (unpaired) electrons. The van der Waals surface area contributed by atoms with E-state index >= 15 is 0 Å². The van der Waals surface area contributed by atoms with Crippen molar-refractivity contribution >= 4 is 10.9 Å². The molecule has 1 nitrogen and oxygen atoms in total. The number of rotatable bonds is 2. The van der Waals surface area contributed by atoms with Gasteiger partial charge in [0.05, 0.1) is 5.52 Å². The molecule has 0 aliphatic heterocycles. The van der Waals surface area contributed by atoms with Crippen molar-refractivity contribution in [3.63, 3.8) is 0 Å². The Morgan fingerprint density at radius 2 is 1.53 bits per heavy atom. The summed E-state index contributed by atoms with van der Waals surface area (Å²) >= 11 is 0. The number of benzene rings is 2. The average Bonchev–Trinajstić information content (AvgIpc) is 2.47. The SMILES string of the molecule is CC(C)c1cc(-c2ccccc2)c2ccccc2n1. The molecule has 2 aromatic carbocycles. The van der Waals surface area contributed by atoms with Gasteiger partial charge in [0.15, 0.2) is 0 Å². The lowest BCUT2D eigenvalue weighted by atomic mass is 9.97. The highest BCUT2D eigenvalue weighted by atomic mass is 14.7. The summed E-state index contributed by atoms with van der Waals surface area (Å²) in [5.41, 5.74) is 4.75. The number of pyridine rings is 1. The molecule has 0 aliphatic carbocycles. The molecule has 94 valence electrons. The first-order valence-corrected chi connectivity index (χ1v) is 6.71. The highest BCUT2D eigenvalue weighted by Gasteiger charge is 2.09. The molecule has 0 fully saturated rings. The van der Waals surface area contributed by atoms with E-state index < -0.39 is 0 Å². The van der Waals surface area contributed by atoms with Gasteiger partial charge in [-0.25, -0.2) is 0 Å². The van der Waals surface area contributed by atoms with Crippen molar-refractivity contribution in [2.75, 3.05) is 0 Å². The summed E-state index contributed by atoms with van der Waals surface area (Å²) in [6.07, 6.45) is 0. The summed E-state index contributed by atoms with van der Waals surface area (Å²) in [6.45, 7) is 4.37. The summed E-state index contributed by atoms with van der Waals surface area (Å²) in [4.78, 5) is 4.76. The second-order valence-corrected chi connectivity index (χ2v) is 5.13. The van der Waals surface area contributed by atoms with Crippen molar-refractivity contribution in [2.45, 2.75) is 19.8 Å². The van der Waals surface area contributed by atoms with E-state index in [0.717, 1.165) is 11.2 Å². The molecule has 1 aromatic heterocycles.